The predicted octanol–water partition coefficient (Wildman–Crippen LogP) is 4.17. The number of hydrogen-bond acceptors (Lipinski definition) is 3. The predicted molar refractivity (Wildman–Crippen MR) is 82.4 cm³/mol. The Morgan fingerprint density at radius 2 is 1.67 bits per heavy atom. The molecule has 0 aliphatic heterocycles. The molecule has 0 radical (unpaired) electrons. The molecular formula is C17H14F3NO3. The minimum atomic E-state index is -4.69. The van der Waals surface area contributed by atoms with Gasteiger partial charge in [-0.1, -0.05) is 6.07 Å². The van der Waals surface area contributed by atoms with Gasteiger partial charge in [0.2, 0.25) is 0 Å². The summed E-state index contributed by atoms with van der Waals surface area (Å²) in [6.07, 6.45) is -4.69. The molecule has 0 saturated carbocycles. The fraction of sp³-hybridized carbons (Fsp3) is 0.176. The SMILES string of the molecule is COc1ccc(C(=O)Nc2cccc(C(F)(F)F)c2C(C)=O)cc1. The summed E-state index contributed by atoms with van der Waals surface area (Å²) in [6, 6.07) is 9.23. The van der Waals surface area contributed by atoms with Gasteiger partial charge in [0.25, 0.3) is 5.91 Å². The molecule has 7 heteroatoms. The number of nitrogens with one attached hydrogen (secondary N) is 1. The van der Waals surface area contributed by atoms with Crippen molar-refractivity contribution in [2.45, 2.75) is 13.1 Å². The Morgan fingerprint density at radius 3 is 2.17 bits per heavy atom. The summed E-state index contributed by atoms with van der Waals surface area (Å²) in [5, 5.41) is 2.36. The maximum Gasteiger partial charge on any atom is 0.417 e. The van der Waals surface area contributed by atoms with Crippen molar-refractivity contribution in [3.05, 3.63) is 59.2 Å². The lowest BCUT2D eigenvalue weighted by atomic mass is 10.0. The van der Waals surface area contributed by atoms with Crippen LogP contribution in [0.4, 0.5) is 18.9 Å². The highest BCUT2D eigenvalue weighted by Crippen LogP contribution is 2.35. The molecule has 1 amide bonds. The molecule has 0 atom stereocenters. The molecule has 0 unspecified atom stereocenters. The number of ketones is 1. The molecule has 0 aliphatic carbocycles. The smallest absolute Gasteiger partial charge is 0.417 e. The number of carbonyl (C=O) groups excluding carboxylic acids is 2. The van der Waals surface area contributed by atoms with Crippen molar-refractivity contribution in [2.24, 2.45) is 0 Å². The van der Waals surface area contributed by atoms with E-state index in [2.05, 4.69) is 5.32 Å². The second-order valence-corrected chi connectivity index (χ2v) is 4.96. The summed E-state index contributed by atoms with van der Waals surface area (Å²) >= 11 is 0. The van der Waals surface area contributed by atoms with Crippen LogP contribution in [0.1, 0.15) is 33.2 Å². The lowest BCUT2D eigenvalue weighted by Crippen LogP contribution is -2.18. The van der Waals surface area contributed by atoms with Crippen LogP contribution in [0, 0.1) is 0 Å². The molecule has 2 aromatic carbocycles. The number of hydrogen-bond donors (Lipinski definition) is 1. The zero-order valence-electron chi connectivity index (χ0n) is 12.9. The average molecular weight is 337 g/mol. The second kappa shape index (κ2) is 6.74. The van der Waals surface area contributed by atoms with Crippen LogP contribution in [-0.4, -0.2) is 18.8 Å². The normalized spacial score (nSPS) is 11.0. The van der Waals surface area contributed by atoms with Crippen LogP contribution in [0.2, 0.25) is 0 Å². The number of carbonyl (C=O) groups is 2. The summed E-state index contributed by atoms with van der Waals surface area (Å²) in [6.45, 7) is 1.02. The first kappa shape index (κ1) is 17.5. The number of ether oxygens (including phenoxy) is 1. The van der Waals surface area contributed by atoms with Crippen molar-refractivity contribution in [3.63, 3.8) is 0 Å². The number of Topliss-reactive ketones (excluding diaryl/α,β-unsaturated/α-hetero) is 1. The van der Waals surface area contributed by atoms with Gasteiger partial charge in [0.05, 0.1) is 23.9 Å². The molecule has 0 spiro atoms. The lowest BCUT2D eigenvalue weighted by Gasteiger charge is -2.15. The van der Waals surface area contributed by atoms with Gasteiger partial charge in [0.15, 0.2) is 5.78 Å². The maximum absolute atomic E-state index is 13.1. The number of methoxy groups -OCH3 is 1. The van der Waals surface area contributed by atoms with E-state index < -0.39 is 29.0 Å². The first-order chi connectivity index (χ1) is 11.2. The van der Waals surface area contributed by atoms with Gasteiger partial charge in [-0.15, -0.1) is 0 Å². The second-order valence-electron chi connectivity index (χ2n) is 4.96. The summed E-state index contributed by atoms with van der Waals surface area (Å²) in [7, 11) is 1.47. The van der Waals surface area contributed by atoms with Gasteiger partial charge in [0.1, 0.15) is 5.75 Å². The Hall–Kier alpha value is -2.83. The molecule has 4 nitrogen and oxygen atoms in total. The van der Waals surface area contributed by atoms with Gasteiger partial charge in [-0.05, 0) is 43.3 Å². The van der Waals surface area contributed by atoms with Crippen LogP contribution in [0.15, 0.2) is 42.5 Å². The van der Waals surface area contributed by atoms with E-state index in [0.717, 1.165) is 19.1 Å². The molecule has 0 fully saturated rings. The van der Waals surface area contributed by atoms with Crippen molar-refractivity contribution in [1.82, 2.24) is 0 Å². The van der Waals surface area contributed by atoms with Crippen molar-refractivity contribution in [1.29, 1.82) is 0 Å². The molecular weight excluding hydrogens is 323 g/mol. The van der Waals surface area contributed by atoms with E-state index in [1.807, 2.05) is 0 Å². The zero-order chi connectivity index (χ0) is 17.9. The fourth-order valence-corrected chi connectivity index (χ4v) is 2.21. The molecule has 24 heavy (non-hydrogen) atoms. The van der Waals surface area contributed by atoms with E-state index in [0.29, 0.717) is 5.75 Å². The van der Waals surface area contributed by atoms with Crippen LogP contribution < -0.4 is 10.1 Å². The van der Waals surface area contributed by atoms with E-state index in [4.69, 9.17) is 4.74 Å². The summed E-state index contributed by atoms with van der Waals surface area (Å²) in [5.74, 6) is -0.873. The first-order valence-corrected chi connectivity index (χ1v) is 6.90. The molecule has 0 saturated heterocycles. The molecule has 2 rings (SSSR count). The van der Waals surface area contributed by atoms with E-state index in [-0.39, 0.29) is 11.3 Å². The Morgan fingerprint density at radius 1 is 1.04 bits per heavy atom. The van der Waals surface area contributed by atoms with Gasteiger partial charge in [-0.3, -0.25) is 9.59 Å². The number of rotatable bonds is 4. The number of amides is 1. The van der Waals surface area contributed by atoms with Crippen LogP contribution >= 0.6 is 0 Å². The monoisotopic (exact) mass is 337 g/mol. The number of benzene rings is 2. The molecule has 1 N–H and O–H groups in total. The lowest BCUT2D eigenvalue weighted by molar-refractivity contribution is -0.137. The van der Waals surface area contributed by atoms with E-state index >= 15 is 0 Å². The van der Waals surface area contributed by atoms with Gasteiger partial charge < -0.3 is 10.1 Å². The summed E-state index contributed by atoms with van der Waals surface area (Å²) in [4.78, 5) is 23.9. The molecule has 0 bridgehead atoms. The molecule has 2 aromatic rings. The van der Waals surface area contributed by atoms with E-state index in [1.54, 1.807) is 12.1 Å². The van der Waals surface area contributed by atoms with Gasteiger partial charge >= 0.3 is 6.18 Å². The van der Waals surface area contributed by atoms with Crippen molar-refractivity contribution < 1.29 is 27.5 Å². The zero-order valence-corrected chi connectivity index (χ0v) is 12.9. The van der Waals surface area contributed by atoms with E-state index in [1.165, 1.54) is 25.3 Å². The minimum absolute atomic E-state index is 0.182. The topological polar surface area (TPSA) is 55.4 Å². The largest absolute Gasteiger partial charge is 0.497 e. The molecule has 0 heterocycles. The molecule has 0 aliphatic rings. The highest BCUT2D eigenvalue weighted by Gasteiger charge is 2.35. The van der Waals surface area contributed by atoms with Gasteiger partial charge in [-0.25, -0.2) is 0 Å². The fourth-order valence-electron chi connectivity index (χ4n) is 2.21. The van der Waals surface area contributed by atoms with Crippen LogP contribution in [0.5, 0.6) is 5.75 Å². The van der Waals surface area contributed by atoms with Gasteiger partial charge in [0, 0.05) is 5.56 Å². The van der Waals surface area contributed by atoms with Crippen molar-refractivity contribution >= 4 is 17.4 Å². The van der Waals surface area contributed by atoms with Crippen molar-refractivity contribution in [2.75, 3.05) is 12.4 Å². The third kappa shape index (κ3) is 3.73. The quantitative estimate of drug-likeness (QED) is 0.852. The number of anilines is 1. The Labute approximate surface area is 136 Å². The Balaban J connectivity index is 2.38. The van der Waals surface area contributed by atoms with Crippen LogP contribution in [0.3, 0.4) is 0 Å². The van der Waals surface area contributed by atoms with Crippen LogP contribution in [0.25, 0.3) is 0 Å². The minimum Gasteiger partial charge on any atom is -0.497 e. The third-order valence-corrected chi connectivity index (χ3v) is 3.32. The number of halogens is 3. The summed E-state index contributed by atoms with van der Waals surface area (Å²) in [5.41, 5.74) is -1.60. The standard InChI is InChI=1S/C17H14F3NO3/c1-10(22)15-13(17(18,19)20)4-3-5-14(15)21-16(23)11-6-8-12(24-2)9-7-11/h3-9H,1-2H3,(H,21,23). The first-order valence-electron chi connectivity index (χ1n) is 6.90. The van der Waals surface area contributed by atoms with Gasteiger partial charge in [-0.2, -0.15) is 13.2 Å². The average Bonchev–Trinajstić information content (AvgIpc) is 2.53. The highest BCUT2D eigenvalue weighted by atomic mass is 19.4. The molecule has 126 valence electrons. The molecule has 0 aromatic heterocycles. The highest BCUT2D eigenvalue weighted by molar-refractivity contribution is 6.09. The third-order valence-electron chi connectivity index (χ3n) is 3.32. The maximum atomic E-state index is 13.1. The van der Waals surface area contributed by atoms with Crippen LogP contribution in [-0.2, 0) is 6.18 Å². The number of alkyl halides is 3. The Kier molecular flexibility index (Phi) is 4.92. The Bertz CT molecular complexity index is 768. The van der Waals surface area contributed by atoms with E-state index in [9.17, 15) is 22.8 Å². The summed E-state index contributed by atoms with van der Waals surface area (Å²) < 4.78 is 44.1. The van der Waals surface area contributed by atoms with Crippen molar-refractivity contribution in [3.8, 4) is 5.75 Å².